The Morgan fingerprint density at radius 1 is 1.10 bits per heavy atom. The predicted octanol–water partition coefficient (Wildman–Crippen LogP) is 4.05. The molecule has 0 N–H and O–H groups in total. The first-order chi connectivity index (χ1) is 15.1. The third-order valence-corrected chi connectivity index (χ3v) is 7.54. The van der Waals surface area contributed by atoms with Crippen LogP contribution in [0.5, 0.6) is 0 Å². The van der Waals surface area contributed by atoms with Gasteiger partial charge in [-0.05, 0) is 32.3 Å². The second kappa shape index (κ2) is 8.55. The summed E-state index contributed by atoms with van der Waals surface area (Å²) in [5.41, 5.74) is 2.27. The van der Waals surface area contributed by atoms with E-state index in [-0.39, 0.29) is 11.8 Å². The standard InChI is InChI=1S/C24H28N4O2S/c1-16-17(2)31-23-20(16)22(25-21(26-23)18-7-4-3-5-8-18)28-10-6-9-19(15-28)24(29)27-11-13-30-14-12-27/h3-5,7-8,19H,6,9-15H2,1-2H3. The minimum Gasteiger partial charge on any atom is -0.378 e. The summed E-state index contributed by atoms with van der Waals surface area (Å²) in [6.45, 7) is 8.62. The number of hydrogen-bond donors (Lipinski definition) is 0. The molecule has 0 saturated carbocycles. The molecule has 2 aromatic heterocycles. The number of fused-ring (bicyclic) bond motifs is 1. The van der Waals surface area contributed by atoms with Gasteiger partial charge in [0.1, 0.15) is 10.6 Å². The van der Waals surface area contributed by atoms with Crippen LogP contribution in [0.25, 0.3) is 21.6 Å². The smallest absolute Gasteiger partial charge is 0.227 e. The zero-order chi connectivity index (χ0) is 21.4. The summed E-state index contributed by atoms with van der Waals surface area (Å²) in [5.74, 6) is 2.01. The van der Waals surface area contributed by atoms with E-state index < -0.39 is 0 Å². The number of benzene rings is 1. The van der Waals surface area contributed by atoms with Gasteiger partial charge in [0.25, 0.3) is 0 Å². The lowest BCUT2D eigenvalue weighted by Gasteiger charge is -2.37. The maximum Gasteiger partial charge on any atom is 0.227 e. The molecule has 2 aliphatic rings. The molecule has 0 radical (unpaired) electrons. The van der Waals surface area contributed by atoms with Gasteiger partial charge >= 0.3 is 0 Å². The fraction of sp³-hybridized carbons (Fsp3) is 0.458. The van der Waals surface area contributed by atoms with E-state index in [2.05, 4.69) is 30.9 Å². The van der Waals surface area contributed by atoms with E-state index in [0.29, 0.717) is 32.8 Å². The van der Waals surface area contributed by atoms with Gasteiger partial charge in [-0.2, -0.15) is 0 Å². The summed E-state index contributed by atoms with van der Waals surface area (Å²) in [4.78, 5) is 29.7. The Balaban J connectivity index is 1.51. The summed E-state index contributed by atoms with van der Waals surface area (Å²) in [6, 6.07) is 10.2. The minimum atomic E-state index is 0.0112. The number of aromatic nitrogens is 2. The van der Waals surface area contributed by atoms with Crippen LogP contribution in [0.1, 0.15) is 23.3 Å². The van der Waals surface area contributed by atoms with E-state index in [4.69, 9.17) is 14.7 Å². The van der Waals surface area contributed by atoms with Crippen LogP contribution in [0.2, 0.25) is 0 Å². The highest BCUT2D eigenvalue weighted by molar-refractivity contribution is 7.18. The van der Waals surface area contributed by atoms with E-state index >= 15 is 0 Å². The largest absolute Gasteiger partial charge is 0.378 e. The van der Waals surface area contributed by atoms with Gasteiger partial charge in [0, 0.05) is 36.6 Å². The monoisotopic (exact) mass is 436 g/mol. The third-order valence-electron chi connectivity index (χ3n) is 6.43. The van der Waals surface area contributed by atoms with Gasteiger partial charge < -0.3 is 14.5 Å². The van der Waals surface area contributed by atoms with Crippen molar-refractivity contribution in [3.05, 3.63) is 40.8 Å². The summed E-state index contributed by atoms with van der Waals surface area (Å²) >= 11 is 1.73. The lowest BCUT2D eigenvalue weighted by atomic mass is 9.96. The van der Waals surface area contributed by atoms with Gasteiger partial charge in [0.15, 0.2) is 5.82 Å². The number of morpholine rings is 1. The van der Waals surface area contributed by atoms with E-state index in [1.54, 1.807) is 11.3 Å². The molecule has 5 rings (SSSR count). The molecule has 31 heavy (non-hydrogen) atoms. The number of aryl methyl sites for hydroxylation is 2. The van der Waals surface area contributed by atoms with Crippen molar-refractivity contribution < 1.29 is 9.53 Å². The molecule has 0 bridgehead atoms. The summed E-state index contributed by atoms with van der Waals surface area (Å²) < 4.78 is 5.43. The second-order valence-corrected chi connectivity index (χ2v) is 9.63. The Morgan fingerprint density at radius 3 is 2.65 bits per heavy atom. The van der Waals surface area contributed by atoms with Crippen LogP contribution in [-0.2, 0) is 9.53 Å². The van der Waals surface area contributed by atoms with Gasteiger partial charge in [-0.1, -0.05) is 30.3 Å². The number of carbonyl (C=O) groups excluding carboxylic acids is 1. The number of piperidine rings is 1. The molecule has 0 aliphatic carbocycles. The van der Waals surface area contributed by atoms with Crippen molar-refractivity contribution in [1.29, 1.82) is 0 Å². The van der Waals surface area contributed by atoms with Crippen LogP contribution >= 0.6 is 11.3 Å². The van der Waals surface area contributed by atoms with Crippen LogP contribution < -0.4 is 4.90 Å². The van der Waals surface area contributed by atoms with E-state index in [1.807, 2.05) is 23.1 Å². The maximum atomic E-state index is 13.2. The first-order valence-electron chi connectivity index (χ1n) is 11.1. The predicted molar refractivity (Wildman–Crippen MR) is 125 cm³/mol. The van der Waals surface area contributed by atoms with Gasteiger partial charge in [0.05, 0.1) is 24.5 Å². The van der Waals surface area contributed by atoms with Crippen molar-refractivity contribution in [3.63, 3.8) is 0 Å². The van der Waals surface area contributed by atoms with Crippen molar-refractivity contribution in [2.24, 2.45) is 5.92 Å². The van der Waals surface area contributed by atoms with Crippen molar-refractivity contribution in [1.82, 2.24) is 14.9 Å². The molecule has 6 nitrogen and oxygen atoms in total. The molecule has 2 saturated heterocycles. The second-order valence-electron chi connectivity index (χ2n) is 8.42. The first kappa shape index (κ1) is 20.4. The Bertz CT molecular complexity index is 1090. The molecule has 1 atom stereocenters. The average molecular weight is 437 g/mol. The van der Waals surface area contributed by atoms with Crippen molar-refractivity contribution in [3.8, 4) is 11.4 Å². The van der Waals surface area contributed by atoms with Gasteiger partial charge in [0.2, 0.25) is 5.91 Å². The van der Waals surface area contributed by atoms with Gasteiger partial charge in [-0.15, -0.1) is 11.3 Å². The van der Waals surface area contributed by atoms with E-state index in [1.165, 1.54) is 10.4 Å². The van der Waals surface area contributed by atoms with Crippen LogP contribution in [0, 0.1) is 19.8 Å². The number of amides is 1. The van der Waals surface area contributed by atoms with Crippen LogP contribution in [0.3, 0.4) is 0 Å². The van der Waals surface area contributed by atoms with Crippen LogP contribution in [0.15, 0.2) is 30.3 Å². The summed E-state index contributed by atoms with van der Waals surface area (Å²) in [6.07, 6.45) is 1.93. The fourth-order valence-electron chi connectivity index (χ4n) is 4.59. The summed E-state index contributed by atoms with van der Waals surface area (Å²) in [5, 5.41) is 1.14. The number of ether oxygens (including phenoxy) is 1. The quantitative estimate of drug-likeness (QED) is 0.620. The zero-order valence-electron chi connectivity index (χ0n) is 18.1. The minimum absolute atomic E-state index is 0.0112. The highest BCUT2D eigenvalue weighted by atomic mass is 32.1. The van der Waals surface area contributed by atoms with E-state index in [0.717, 1.165) is 46.8 Å². The van der Waals surface area contributed by atoms with E-state index in [9.17, 15) is 4.79 Å². The average Bonchev–Trinajstić information content (AvgIpc) is 3.12. The zero-order valence-corrected chi connectivity index (χ0v) is 19.0. The molecule has 4 heterocycles. The van der Waals surface area contributed by atoms with Crippen molar-refractivity contribution in [2.75, 3.05) is 44.3 Å². The first-order valence-corrected chi connectivity index (χ1v) is 11.9. The molecule has 3 aromatic rings. The topological polar surface area (TPSA) is 58.6 Å². The lowest BCUT2D eigenvalue weighted by Crippen LogP contribution is -2.48. The molecule has 1 amide bonds. The van der Waals surface area contributed by atoms with Gasteiger partial charge in [-0.25, -0.2) is 9.97 Å². The highest BCUT2D eigenvalue weighted by Gasteiger charge is 2.32. The number of rotatable bonds is 3. The summed E-state index contributed by atoms with van der Waals surface area (Å²) in [7, 11) is 0. The molecule has 162 valence electrons. The van der Waals surface area contributed by atoms with Crippen LogP contribution in [-0.4, -0.2) is 60.2 Å². The number of thiophene rings is 1. The lowest BCUT2D eigenvalue weighted by molar-refractivity contribution is -0.139. The number of nitrogens with zero attached hydrogens (tertiary/aromatic N) is 4. The molecule has 2 aliphatic heterocycles. The number of carbonyl (C=O) groups is 1. The Kier molecular flexibility index (Phi) is 5.63. The maximum absolute atomic E-state index is 13.2. The van der Waals surface area contributed by atoms with Crippen molar-refractivity contribution >= 4 is 33.3 Å². The number of anilines is 1. The third kappa shape index (κ3) is 3.92. The van der Waals surface area contributed by atoms with Crippen molar-refractivity contribution in [2.45, 2.75) is 26.7 Å². The molecule has 0 spiro atoms. The molecule has 2 fully saturated rings. The fourth-order valence-corrected chi connectivity index (χ4v) is 5.61. The molecule has 7 heteroatoms. The molecular weight excluding hydrogens is 408 g/mol. The number of hydrogen-bond acceptors (Lipinski definition) is 6. The molecule has 1 aromatic carbocycles. The van der Waals surface area contributed by atoms with Crippen LogP contribution in [0.4, 0.5) is 5.82 Å². The normalized spacial score (nSPS) is 19.7. The SMILES string of the molecule is Cc1sc2nc(-c3ccccc3)nc(N3CCCC(C(=O)N4CCOCC4)C3)c2c1C. The molecular formula is C24H28N4O2S. The van der Waals surface area contributed by atoms with Gasteiger partial charge in [-0.3, -0.25) is 4.79 Å². The molecule has 1 unspecified atom stereocenters. The highest BCUT2D eigenvalue weighted by Crippen LogP contribution is 2.38. The Labute approximate surface area is 186 Å². The Morgan fingerprint density at radius 2 is 1.87 bits per heavy atom. The Hall–Kier alpha value is -2.51.